The number of nitrogens with one attached hydrogen (secondary N) is 2. The normalized spacial score (nSPS) is 11.9. The summed E-state index contributed by atoms with van der Waals surface area (Å²) in [7, 11) is 2.03. The van der Waals surface area contributed by atoms with Gasteiger partial charge in [0.15, 0.2) is 0 Å². The number of rotatable bonds is 41. The summed E-state index contributed by atoms with van der Waals surface area (Å²) < 4.78 is 0. The number of nitrogens with zero attached hydrogens (tertiary/aromatic N) is 1. The van der Waals surface area contributed by atoms with Crippen LogP contribution in [0.2, 0.25) is 0 Å². The molecule has 0 spiro atoms. The standard InChI is InChI=1S/C38H79N3O2.C8H16O/c1-5-7-9-11-17-23-29-37(30-24-18-12-10-8-6-2)38(43)40-32-26-20-15-21-27-33-41(34-35-42)36(3)28-22-16-13-14-19-25-31-39-4;1-2-3-4-5-6-7-8-9/h36-37,39,42H,5-35H2,1-4H3,(H,40,43);8H,2-7H2,1H3. The number of carbonyl (C=O) groups is 2. The quantitative estimate of drug-likeness (QED) is 0.0430. The zero-order valence-corrected chi connectivity index (χ0v) is 36.1. The lowest BCUT2D eigenvalue weighted by Crippen LogP contribution is -2.36. The second-order valence-corrected chi connectivity index (χ2v) is 15.9. The molecular weight excluding hydrogens is 643 g/mol. The van der Waals surface area contributed by atoms with E-state index in [0.717, 1.165) is 64.6 Å². The molecule has 1 unspecified atom stereocenters. The molecule has 0 rings (SSSR count). The summed E-state index contributed by atoms with van der Waals surface area (Å²) in [5.74, 6) is 0.546. The van der Waals surface area contributed by atoms with Crippen molar-refractivity contribution in [3.63, 3.8) is 0 Å². The molecule has 0 heterocycles. The third-order valence-electron chi connectivity index (χ3n) is 10.8. The van der Waals surface area contributed by atoms with Gasteiger partial charge in [0.2, 0.25) is 5.91 Å². The lowest BCUT2D eigenvalue weighted by molar-refractivity contribution is -0.125. The highest BCUT2D eigenvalue weighted by Crippen LogP contribution is 2.20. The SMILES string of the molecule is CCCCCCCC=O.CCCCCCCCC(CCCCCCCC)C(=O)NCCCCCCCN(CCO)C(C)CCCCCCCCNC. The van der Waals surface area contributed by atoms with E-state index < -0.39 is 0 Å². The fourth-order valence-corrected chi connectivity index (χ4v) is 7.22. The van der Waals surface area contributed by atoms with Crippen molar-refractivity contribution < 1.29 is 14.7 Å². The summed E-state index contributed by atoms with van der Waals surface area (Å²) in [6, 6.07) is 0.562. The molecule has 0 radical (unpaired) electrons. The molecule has 1 atom stereocenters. The largest absolute Gasteiger partial charge is 0.395 e. The second kappa shape index (κ2) is 46.2. The predicted octanol–water partition coefficient (Wildman–Crippen LogP) is 12.3. The lowest BCUT2D eigenvalue weighted by Gasteiger charge is -2.28. The van der Waals surface area contributed by atoms with E-state index in [0.29, 0.717) is 11.9 Å². The average molecular weight is 738 g/mol. The van der Waals surface area contributed by atoms with Gasteiger partial charge in [0, 0.05) is 31.5 Å². The minimum absolute atomic E-state index is 0.222. The van der Waals surface area contributed by atoms with Gasteiger partial charge in [-0.1, -0.05) is 175 Å². The van der Waals surface area contributed by atoms with Gasteiger partial charge >= 0.3 is 0 Å². The number of unbranched alkanes of at least 4 members (excludes halogenated alkanes) is 24. The molecule has 52 heavy (non-hydrogen) atoms. The first-order valence-electron chi connectivity index (χ1n) is 23.2. The Kier molecular flexibility index (Phi) is 47.2. The highest BCUT2D eigenvalue weighted by Gasteiger charge is 2.17. The number of aldehydes is 1. The molecule has 0 bridgehead atoms. The van der Waals surface area contributed by atoms with Gasteiger partial charge in [-0.05, 0) is 72.0 Å². The van der Waals surface area contributed by atoms with Crippen LogP contribution in [0.25, 0.3) is 0 Å². The van der Waals surface area contributed by atoms with Crippen molar-refractivity contribution in [3.05, 3.63) is 0 Å². The average Bonchev–Trinajstić information content (AvgIpc) is 3.15. The monoisotopic (exact) mass is 738 g/mol. The maximum atomic E-state index is 13.0. The van der Waals surface area contributed by atoms with E-state index in [-0.39, 0.29) is 12.5 Å². The molecule has 0 aliphatic carbocycles. The summed E-state index contributed by atoms with van der Waals surface area (Å²) in [5.41, 5.74) is 0. The van der Waals surface area contributed by atoms with Gasteiger partial charge < -0.3 is 20.5 Å². The van der Waals surface area contributed by atoms with Crippen molar-refractivity contribution in [1.82, 2.24) is 15.5 Å². The Morgan fingerprint density at radius 2 is 0.981 bits per heavy atom. The minimum Gasteiger partial charge on any atom is -0.395 e. The molecule has 0 aromatic heterocycles. The maximum Gasteiger partial charge on any atom is 0.223 e. The van der Waals surface area contributed by atoms with Crippen molar-refractivity contribution in [2.45, 2.75) is 239 Å². The van der Waals surface area contributed by atoms with E-state index >= 15 is 0 Å². The first-order chi connectivity index (χ1) is 25.5. The van der Waals surface area contributed by atoms with E-state index in [9.17, 15) is 14.7 Å². The Bertz CT molecular complexity index is 676. The Labute approximate surface area is 326 Å². The van der Waals surface area contributed by atoms with Crippen LogP contribution < -0.4 is 10.6 Å². The summed E-state index contributed by atoms with van der Waals surface area (Å²) in [4.78, 5) is 25.4. The highest BCUT2D eigenvalue weighted by molar-refractivity contribution is 5.78. The maximum absolute atomic E-state index is 13.0. The van der Waals surface area contributed by atoms with Crippen molar-refractivity contribution >= 4 is 12.2 Å². The summed E-state index contributed by atoms with van der Waals surface area (Å²) in [6.45, 7) is 13.2. The van der Waals surface area contributed by atoms with Crippen LogP contribution in [0.4, 0.5) is 0 Å². The van der Waals surface area contributed by atoms with Crippen LogP contribution in [-0.2, 0) is 9.59 Å². The molecule has 1 amide bonds. The molecule has 0 aliphatic rings. The molecule has 0 saturated heterocycles. The van der Waals surface area contributed by atoms with Gasteiger partial charge in [0.1, 0.15) is 6.29 Å². The molecule has 0 aliphatic heterocycles. The van der Waals surface area contributed by atoms with E-state index in [1.807, 2.05) is 7.05 Å². The first kappa shape index (κ1) is 53.1. The van der Waals surface area contributed by atoms with Crippen LogP contribution in [0.1, 0.15) is 233 Å². The van der Waals surface area contributed by atoms with Crippen LogP contribution in [0.5, 0.6) is 0 Å². The number of hydrogen-bond acceptors (Lipinski definition) is 5. The smallest absolute Gasteiger partial charge is 0.223 e. The first-order valence-corrected chi connectivity index (χ1v) is 23.2. The Balaban J connectivity index is 0. The number of aliphatic hydroxyl groups excluding tert-OH is 1. The molecule has 0 saturated carbocycles. The van der Waals surface area contributed by atoms with Gasteiger partial charge in [0.05, 0.1) is 6.61 Å². The van der Waals surface area contributed by atoms with Crippen LogP contribution in [0, 0.1) is 5.92 Å². The van der Waals surface area contributed by atoms with Crippen molar-refractivity contribution in [3.8, 4) is 0 Å². The number of carbonyl (C=O) groups excluding carboxylic acids is 2. The second-order valence-electron chi connectivity index (χ2n) is 15.9. The molecule has 0 aromatic carbocycles. The predicted molar refractivity (Wildman–Crippen MR) is 229 cm³/mol. The van der Waals surface area contributed by atoms with Gasteiger partial charge in [-0.25, -0.2) is 0 Å². The van der Waals surface area contributed by atoms with Crippen LogP contribution in [0.3, 0.4) is 0 Å². The molecule has 0 aromatic rings. The molecule has 6 heteroatoms. The van der Waals surface area contributed by atoms with E-state index in [1.54, 1.807) is 0 Å². The van der Waals surface area contributed by atoms with Crippen LogP contribution in [-0.4, -0.2) is 68.1 Å². The zero-order valence-electron chi connectivity index (χ0n) is 36.1. The van der Waals surface area contributed by atoms with E-state index in [1.165, 1.54) is 173 Å². The fraction of sp³-hybridized carbons (Fsp3) is 0.957. The Hall–Kier alpha value is -0.980. The summed E-state index contributed by atoms with van der Waals surface area (Å²) in [6.07, 6.45) is 41.0. The lowest BCUT2D eigenvalue weighted by atomic mass is 9.93. The summed E-state index contributed by atoms with van der Waals surface area (Å²) >= 11 is 0. The molecule has 3 N–H and O–H groups in total. The molecule has 6 nitrogen and oxygen atoms in total. The number of amides is 1. The third-order valence-corrected chi connectivity index (χ3v) is 10.8. The van der Waals surface area contributed by atoms with Gasteiger partial charge in [0.25, 0.3) is 0 Å². The van der Waals surface area contributed by atoms with Gasteiger partial charge in [-0.3, -0.25) is 9.69 Å². The molecule has 312 valence electrons. The Morgan fingerprint density at radius 3 is 1.46 bits per heavy atom. The number of hydrogen-bond donors (Lipinski definition) is 3. The van der Waals surface area contributed by atoms with Gasteiger partial charge in [-0.2, -0.15) is 0 Å². The Morgan fingerprint density at radius 1 is 0.558 bits per heavy atom. The van der Waals surface area contributed by atoms with Crippen molar-refractivity contribution in [2.24, 2.45) is 5.92 Å². The van der Waals surface area contributed by atoms with Crippen LogP contribution >= 0.6 is 0 Å². The fourth-order valence-electron chi connectivity index (χ4n) is 7.22. The van der Waals surface area contributed by atoms with Crippen molar-refractivity contribution in [2.75, 3.05) is 39.8 Å². The molecule has 0 fully saturated rings. The molecular formula is C46H95N3O3. The zero-order chi connectivity index (χ0) is 38.6. The van der Waals surface area contributed by atoms with Gasteiger partial charge in [-0.15, -0.1) is 0 Å². The highest BCUT2D eigenvalue weighted by atomic mass is 16.3. The summed E-state index contributed by atoms with van der Waals surface area (Å²) in [5, 5.41) is 16.1. The van der Waals surface area contributed by atoms with E-state index in [4.69, 9.17) is 0 Å². The number of aliphatic hydroxyl groups is 1. The topological polar surface area (TPSA) is 81.7 Å². The third kappa shape index (κ3) is 40.2. The van der Waals surface area contributed by atoms with Crippen LogP contribution in [0.15, 0.2) is 0 Å². The minimum atomic E-state index is 0.222. The van der Waals surface area contributed by atoms with E-state index in [2.05, 4.69) is 43.2 Å². The van der Waals surface area contributed by atoms with Crippen molar-refractivity contribution in [1.29, 1.82) is 0 Å².